The van der Waals surface area contributed by atoms with Crippen LogP contribution < -0.4 is 5.32 Å². The zero-order valence-electron chi connectivity index (χ0n) is 16.0. The molecule has 0 aliphatic rings. The van der Waals surface area contributed by atoms with Gasteiger partial charge >= 0.3 is 0 Å². The van der Waals surface area contributed by atoms with E-state index in [0.29, 0.717) is 16.6 Å². The van der Waals surface area contributed by atoms with E-state index in [1.165, 1.54) is 11.8 Å². The van der Waals surface area contributed by atoms with Gasteiger partial charge < -0.3 is 10.2 Å². The Morgan fingerprint density at radius 1 is 1.14 bits per heavy atom. The molecule has 2 rings (SSSR count). The summed E-state index contributed by atoms with van der Waals surface area (Å²) >= 11 is 13.8. The first kappa shape index (κ1) is 22.6. The summed E-state index contributed by atoms with van der Waals surface area (Å²) in [5, 5.41) is 3.78. The van der Waals surface area contributed by atoms with E-state index in [-0.39, 0.29) is 24.1 Å². The Labute approximate surface area is 180 Å². The Hall–Kier alpha value is -1.69. The van der Waals surface area contributed by atoms with E-state index in [4.69, 9.17) is 23.2 Å². The lowest BCUT2D eigenvalue weighted by atomic mass is 10.1. The Balaban J connectivity index is 2.09. The predicted octanol–water partition coefficient (Wildman–Crippen LogP) is 4.78. The molecule has 0 saturated heterocycles. The van der Waals surface area contributed by atoms with Crippen LogP contribution in [0.25, 0.3) is 0 Å². The molecule has 2 aromatic carbocycles. The van der Waals surface area contributed by atoms with Crippen LogP contribution in [0.2, 0.25) is 10.0 Å². The molecule has 0 heterocycles. The highest BCUT2D eigenvalue weighted by molar-refractivity contribution is 7.99. The number of thioether (sulfide) groups is 1. The number of benzene rings is 2. The average molecular weight is 439 g/mol. The lowest BCUT2D eigenvalue weighted by Gasteiger charge is -2.29. The molecule has 0 spiro atoms. The molecule has 0 aliphatic carbocycles. The van der Waals surface area contributed by atoms with Crippen molar-refractivity contribution in [2.45, 2.75) is 32.2 Å². The Morgan fingerprint density at radius 3 is 2.50 bits per heavy atom. The topological polar surface area (TPSA) is 49.4 Å². The summed E-state index contributed by atoms with van der Waals surface area (Å²) in [5.74, 6) is 0.723. The number of nitrogens with one attached hydrogen (secondary N) is 1. The molecule has 0 radical (unpaired) electrons. The number of hydrogen-bond donors (Lipinski definition) is 1. The summed E-state index contributed by atoms with van der Waals surface area (Å²) < 4.78 is 0. The smallest absolute Gasteiger partial charge is 0.242 e. The van der Waals surface area contributed by atoms with Crippen LogP contribution in [0.1, 0.15) is 25.0 Å². The second-order valence-corrected chi connectivity index (χ2v) is 8.14. The minimum atomic E-state index is -0.600. The molecule has 0 bridgehead atoms. The number of halogens is 2. The first-order chi connectivity index (χ1) is 13.4. The molecule has 2 aromatic rings. The average Bonchev–Trinajstić information content (AvgIpc) is 2.68. The van der Waals surface area contributed by atoms with Crippen LogP contribution in [0, 0.1) is 0 Å². The highest BCUT2D eigenvalue weighted by Gasteiger charge is 2.26. The maximum atomic E-state index is 12.9. The van der Waals surface area contributed by atoms with E-state index in [1.807, 2.05) is 37.3 Å². The van der Waals surface area contributed by atoms with Crippen molar-refractivity contribution in [2.24, 2.45) is 0 Å². The van der Waals surface area contributed by atoms with Gasteiger partial charge in [0, 0.05) is 28.9 Å². The fourth-order valence-electron chi connectivity index (χ4n) is 2.65. The zero-order valence-corrected chi connectivity index (χ0v) is 18.3. The molecule has 150 valence electrons. The molecule has 1 unspecified atom stereocenters. The van der Waals surface area contributed by atoms with Gasteiger partial charge in [-0.1, -0.05) is 59.6 Å². The summed E-state index contributed by atoms with van der Waals surface area (Å²) in [6, 6.07) is 14.5. The van der Waals surface area contributed by atoms with Gasteiger partial charge in [0.15, 0.2) is 0 Å². The Bertz CT molecular complexity index is 802. The third-order valence-corrected chi connectivity index (χ3v) is 5.79. The Morgan fingerprint density at radius 2 is 1.86 bits per heavy atom. The van der Waals surface area contributed by atoms with Crippen LogP contribution in [0.5, 0.6) is 0 Å². The summed E-state index contributed by atoms with van der Waals surface area (Å²) in [4.78, 5) is 26.8. The molecule has 1 N–H and O–H groups in total. The molecule has 28 heavy (non-hydrogen) atoms. The number of amides is 2. The lowest BCUT2D eigenvalue weighted by molar-refractivity contribution is -0.138. The fourth-order valence-corrected chi connectivity index (χ4v) is 3.99. The third kappa shape index (κ3) is 6.73. The van der Waals surface area contributed by atoms with Crippen molar-refractivity contribution in [1.82, 2.24) is 10.2 Å². The molecule has 2 amide bonds. The maximum Gasteiger partial charge on any atom is 0.242 e. The van der Waals surface area contributed by atoms with Crippen molar-refractivity contribution in [3.63, 3.8) is 0 Å². The van der Waals surface area contributed by atoms with Gasteiger partial charge in [-0.3, -0.25) is 9.59 Å². The van der Waals surface area contributed by atoms with E-state index < -0.39 is 6.04 Å². The lowest BCUT2D eigenvalue weighted by Crippen LogP contribution is -2.48. The van der Waals surface area contributed by atoms with Crippen molar-refractivity contribution in [1.29, 1.82) is 0 Å². The van der Waals surface area contributed by atoms with Crippen LogP contribution >= 0.6 is 35.0 Å². The highest BCUT2D eigenvalue weighted by Crippen LogP contribution is 2.24. The number of carbonyl (C=O) groups excluding carboxylic acids is 2. The summed E-state index contributed by atoms with van der Waals surface area (Å²) in [5.41, 5.74) is 1.91. The van der Waals surface area contributed by atoms with Gasteiger partial charge in [0.25, 0.3) is 0 Å². The minimum Gasteiger partial charge on any atom is -0.355 e. The standard InChI is InChI=1S/C21H24Cl2N2O2S/c1-3-24-21(27)15(2)25(12-17-9-10-18(22)11-19(17)23)20(26)14-28-13-16-7-5-4-6-8-16/h4-11,15H,3,12-14H2,1-2H3,(H,24,27). The fraction of sp³-hybridized carbons (Fsp3) is 0.333. The molecule has 4 nitrogen and oxygen atoms in total. The number of hydrogen-bond acceptors (Lipinski definition) is 3. The molecule has 0 saturated carbocycles. The van der Waals surface area contributed by atoms with Gasteiger partial charge in [0.2, 0.25) is 11.8 Å². The van der Waals surface area contributed by atoms with Gasteiger partial charge in [0.1, 0.15) is 6.04 Å². The summed E-state index contributed by atoms with van der Waals surface area (Å²) in [6.07, 6.45) is 0. The molecule has 0 fully saturated rings. The van der Waals surface area contributed by atoms with Gasteiger partial charge in [0.05, 0.1) is 5.75 Å². The predicted molar refractivity (Wildman–Crippen MR) is 118 cm³/mol. The molecule has 0 aromatic heterocycles. The minimum absolute atomic E-state index is 0.106. The van der Waals surface area contributed by atoms with Crippen molar-refractivity contribution < 1.29 is 9.59 Å². The van der Waals surface area contributed by atoms with Crippen molar-refractivity contribution in [3.05, 3.63) is 69.7 Å². The first-order valence-corrected chi connectivity index (χ1v) is 11.0. The van der Waals surface area contributed by atoms with Crippen LogP contribution in [0.15, 0.2) is 48.5 Å². The van der Waals surface area contributed by atoms with E-state index in [9.17, 15) is 9.59 Å². The first-order valence-electron chi connectivity index (χ1n) is 9.05. The van der Waals surface area contributed by atoms with Gasteiger partial charge in [-0.2, -0.15) is 0 Å². The van der Waals surface area contributed by atoms with E-state index in [0.717, 1.165) is 16.9 Å². The van der Waals surface area contributed by atoms with Crippen LogP contribution in [0.3, 0.4) is 0 Å². The van der Waals surface area contributed by atoms with Crippen molar-refractivity contribution in [2.75, 3.05) is 12.3 Å². The second kappa shape index (κ2) is 11.3. The van der Waals surface area contributed by atoms with Crippen molar-refractivity contribution >= 4 is 46.8 Å². The van der Waals surface area contributed by atoms with Gasteiger partial charge in [-0.25, -0.2) is 0 Å². The number of rotatable bonds is 9. The molecule has 7 heteroatoms. The SMILES string of the molecule is CCNC(=O)C(C)N(Cc1ccc(Cl)cc1Cl)C(=O)CSCc1ccccc1. The number of nitrogens with zero attached hydrogens (tertiary/aromatic N) is 1. The molecule has 1 atom stereocenters. The third-order valence-electron chi connectivity index (χ3n) is 4.21. The molecular weight excluding hydrogens is 415 g/mol. The van der Waals surface area contributed by atoms with Gasteiger partial charge in [-0.15, -0.1) is 11.8 Å². The zero-order chi connectivity index (χ0) is 20.5. The van der Waals surface area contributed by atoms with Crippen LogP contribution in [-0.4, -0.2) is 35.1 Å². The second-order valence-electron chi connectivity index (χ2n) is 6.31. The maximum absolute atomic E-state index is 12.9. The normalized spacial score (nSPS) is 11.7. The number of carbonyl (C=O) groups is 2. The van der Waals surface area contributed by atoms with Crippen LogP contribution in [0.4, 0.5) is 0 Å². The van der Waals surface area contributed by atoms with E-state index in [1.54, 1.807) is 30.0 Å². The molecule has 0 aliphatic heterocycles. The quantitative estimate of drug-likeness (QED) is 0.612. The highest BCUT2D eigenvalue weighted by atomic mass is 35.5. The summed E-state index contributed by atoms with van der Waals surface area (Å²) in [7, 11) is 0. The van der Waals surface area contributed by atoms with Crippen molar-refractivity contribution in [3.8, 4) is 0 Å². The van der Waals surface area contributed by atoms with E-state index >= 15 is 0 Å². The Kier molecular flexibility index (Phi) is 9.16. The summed E-state index contributed by atoms with van der Waals surface area (Å²) in [6.45, 7) is 4.34. The number of likely N-dealkylation sites (N-methyl/N-ethyl adjacent to an activating group) is 1. The van der Waals surface area contributed by atoms with Gasteiger partial charge in [-0.05, 0) is 37.1 Å². The largest absolute Gasteiger partial charge is 0.355 e. The monoisotopic (exact) mass is 438 g/mol. The molecular formula is C21H24Cl2N2O2S. The van der Waals surface area contributed by atoms with E-state index in [2.05, 4.69) is 5.32 Å². The van der Waals surface area contributed by atoms with Crippen LogP contribution in [-0.2, 0) is 21.9 Å².